The summed E-state index contributed by atoms with van der Waals surface area (Å²) >= 11 is 5.90. The van der Waals surface area contributed by atoms with Gasteiger partial charge in [0.1, 0.15) is 9.57 Å². The highest BCUT2D eigenvalue weighted by Gasteiger charge is 2.21. The number of ketones is 2. The minimum Gasteiger partial charge on any atom is -0.374 e. The molecule has 0 saturated carbocycles. The third kappa shape index (κ3) is 3.82. The lowest BCUT2D eigenvalue weighted by molar-refractivity contribution is -0.123. The van der Waals surface area contributed by atoms with Gasteiger partial charge < -0.3 is 5.32 Å². The van der Waals surface area contributed by atoms with Gasteiger partial charge in [-0.1, -0.05) is 24.0 Å². The molecule has 0 bridgehead atoms. The van der Waals surface area contributed by atoms with E-state index in [2.05, 4.69) is 5.32 Å². The number of nitrogens with one attached hydrogen (secondary N) is 1. The molecular formula is C7H11NO2S2. The minimum absolute atomic E-state index is 0.162. The number of hydrogen-bond donors (Lipinski definition) is 1. The van der Waals surface area contributed by atoms with Crippen LogP contribution in [0, 0.1) is 0 Å². The highest BCUT2D eigenvalue weighted by atomic mass is 32.2. The molecule has 0 spiro atoms. The predicted molar refractivity (Wildman–Crippen MR) is 54.4 cm³/mol. The third-order valence-corrected chi connectivity index (χ3v) is 2.98. The SMILES string of the molecule is CNC(=S)SC(C(C)=O)C(C)=O. The first kappa shape index (κ1) is 11.6. The van der Waals surface area contributed by atoms with Crippen LogP contribution in [0.4, 0.5) is 0 Å². The van der Waals surface area contributed by atoms with E-state index in [4.69, 9.17) is 12.2 Å². The van der Waals surface area contributed by atoms with E-state index in [1.54, 1.807) is 7.05 Å². The Kier molecular flexibility index (Phi) is 5.08. The van der Waals surface area contributed by atoms with E-state index >= 15 is 0 Å². The minimum atomic E-state index is -0.648. The van der Waals surface area contributed by atoms with Gasteiger partial charge in [0.05, 0.1) is 0 Å². The number of hydrogen-bond acceptors (Lipinski definition) is 4. The molecule has 0 aliphatic heterocycles. The van der Waals surface area contributed by atoms with E-state index in [1.165, 1.54) is 13.8 Å². The average Bonchev–Trinajstić information content (AvgIpc) is 1.98. The Morgan fingerprint density at radius 2 is 1.75 bits per heavy atom. The van der Waals surface area contributed by atoms with Crippen molar-refractivity contribution < 1.29 is 9.59 Å². The zero-order chi connectivity index (χ0) is 9.72. The van der Waals surface area contributed by atoms with Gasteiger partial charge >= 0.3 is 0 Å². The summed E-state index contributed by atoms with van der Waals surface area (Å²) in [5, 5.41) is 2.05. The lowest BCUT2D eigenvalue weighted by Crippen LogP contribution is -2.26. The molecule has 0 rings (SSSR count). The number of thioether (sulfide) groups is 1. The highest BCUT2D eigenvalue weighted by Crippen LogP contribution is 2.13. The first-order chi connectivity index (χ1) is 5.49. The van der Waals surface area contributed by atoms with Crippen LogP contribution in [0.5, 0.6) is 0 Å². The van der Waals surface area contributed by atoms with Crippen molar-refractivity contribution in [3.63, 3.8) is 0 Å². The van der Waals surface area contributed by atoms with Crippen LogP contribution in [-0.4, -0.2) is 28.2 Å². The van der Waals surface area contributed by atoms with E-state index < -0.39 is 5.25 Å². The molecule has 0 amide bonds. The molecule has 5 heteroatoms. The van der Waals surface area contributed by atoms with Gasteiger partial charge in [-0.2, -0.15) is 0 Å². The molecule has 0 aromatic rings. The zero-order valence-corrected chi connectivity index (χ0v) is 8.84. The second-order valence-electron chi connectivity index (χ2n) is 2.26. The van der Waals surface area contributed by atoms with Gasteiger partial charge in [-0.05, 0) is 13.8 Å². The molecule has 0 atom stereocenters. The monoisotopic (exact) mass is 205 g/mol. The Bertz CT molecular complexity index is 201. The topological polar surface area (TPSA) is 46.2 Å². The van der Waals surface area contributed by atoms with Crippen LogP contribution in [0.25, 0.3) is 0 Å². The van der Waals surface area contributed by atoms with Crippen LogP contribution in [-0.2, 0) is 9.59 Å². The van der Waals surface area contributed by atoms with Crippen molar-refractivity contribution in [3.8, 4) is 0 Å². The number of carbonyl (C=O) groups excluding carboxylic acids is 2. The summed E-state index contributed by atoms with van der Waals surface area (Å²) in [7, 11) is 1.66. The van der Waals surface area contributed by atoms with Gasteiger partial charge in [-0.15, -0.1) is 0 Å². The van der Waals surface area contributed by atoms with Crippen molar-refractivity contribution in [2.45, 2.75) is 19.1 Å². The first-order valence-corrected chi connectivity index (χ1v) is 4.67. The Balaban J connectivity index is 4.24. The van der Waals surface area contributed by atoms with Gasteiger partial charge in [0.25, 0.3) is 0 Å². The lowest BCUT2D eigenvalue weighted by atomic mass is 10.2. The summed E-state index contributed by atoms with van der Waals surface area (Å²) in [5.74, 6) is -0.324. The van der Waals surface area contributed by atoms with Crippen LogP contribution in [0.15, 0.2) is 0 Å². The van der Waals surface area contributed by atoms with Crippen LogP contribution < -0.4 is 5.32 Å². The van der Waals surface area contributed by atoms with Gasteiger partial charge in [0, 0.05) is 7.05 Å². The predicted octanol–water partition coefficient (Wildman–Crippen LogP) is 0.770. The quantitative estimate of drug-likeness (QED) is 0.545. The Labute approximate surface area is 81.3 Å². The Morgan fingerprint density at radius 1 is 1.33 bits per heavy atom. The molecule has 68 valence electrons. The molecule has 0 fully saturated rings. The molecule has 1 N–H and O–H groups in total. The molecule has 3 nitrogen and oxygen atoms in total. The molecule has 0 radical (unpaired) electrons. The van der Waals surface area contributed by atoms with Crippen molar-refractivity contribution in [1.29, 1.82) is 0 Å². The van der Waals surface area contributed by atoms with Gasteiger partial charge in [-0.25, -0.2) is 0 Å². The normalized spacial score (nSPS) is 9.67. The molecule has 0 aliphatic rings. The number of thiocarbonyl (C=S) groups is 1. The molecule has 0 aromatic heterocycles. The van der Waals surface area contributed by atoms with Gasteiger partial charge in [-0.3, -0.25) is 9.59 Å². The lowest BCUT2D eigenvalue weighted by Gasteiger charge is -2.09. The van der Waals surface area contributed by atoms with E-state index in [9.17, 15) is 9.59 Å². The standard InChI is InChI=1S/C7H11NO2S2/c1-4(9)6(5(2)10)12-7(11)8-3/h6H,1-3H3,(H,8,11). The summed E-state index contributed by atoms with van der Waals surface area (Å²) in [6.07, 6.45) is 0. The maximum absolute atomic E-state index is 10.9. The van der Waals surface area contributed by atoms with Gasteiger partial charge in [0.15, 0.2) is 11.6 Å². The number of rotatable bonds is 3. The summed E-state index contributed by atoms with van der Waals surface area (Å²) in [4.78, 5) is 21.8. The van der Waals surface area contributed by atoms with Crippen LogP contribution >= 0.6 is 24.0 Å². The molecule has 0 aromatic carbocycles. The van der Waals surface area contributed by atoms with E-state index in [-0.39, 0.29) is 11.6 Å². The second kappa shape index (κ2) is 5.27. The van der Waals surface area contributed by atoms with Crippen molar-refractivity contribution in [2.24, 2.45) is 0 Å². The molecule has 0 unspecified atom stereocenters. The molecular weight excluding hydrogens is 194 g/mol. The summed E-state index contributed by atoms with van der Waals surface area (Å²) in [5.41, 5.74) is 0. The number of carbonyl (C=O) groups is 2. The largest absolute Gasteiger partial charge is 0.374 e. The highest BCUT2D eigenvalue weighted by molar-refractivity contribution is 8.24. The second-order valence-corrected chi connectivity index (χ2v) is 4.04. The van der Waals surface area contributed by atoms with E-state index in [0.717, 1.165) is 11.8 Å². The van der Waals surface area contributed by atoms with Crippen LogP contribution in [0.1, 0.15) is 13.8 Å². The molecule has 0 heterocycles. The first-order valence-electron chi connectivity index (χ1n) is 3.38. The van der Waals surface area contributed by atoms with Crippen molar-refractivity contribution >= 4 is 39.9 Å². The van der Waals surface area contributed by atoms with E-state index in [0.29, 0.717) is 4.32 Å². The summed E-state index contributed by atoms with van der Waals surface area (Å²) in [6, 6.07) is 0. The molecule has 0 saturated heterocycles. The Morgan fingerprint density at radius 3 is 2.00 bits per heavy atom. The fourth-order valence-corrected chi connectivity index (χ4v) is 1.57. The molecule has 12 heavy (non-hydrogen) atoms. The maximum atomic E-state index is 10.9. The third-order valence-electron chi connectivity index (χ3n) is 1.17. The number of Topliss-reactive ketones (excluding diaryl/α,β-unsaturated/α-hetero) is 2. The fraction of sp³-hybridized carbons (Fsp3) is 0.571. The van der Waals surface area contributed by atoms with Gasteiger partial charge in [0.2, 0.25) is 0 Å². The molecule has 0 aliphatic carbocycles. The van der Waals surface area contributed by atoms with E-state index in [1.807, 2.05) is 0 Å². The van der Waals surface area contributed by atoms with Crippen LogP contribution in [0.2, 0.25) is 0 Å². The van der Waals surface area contributed by atoms with Crippen LogP contribution in [0.3, 0.4) is 0 Å². The Hall–Kier alpha value is -0.420. The van der Waals surface area contributed by atoms with Crippen molar-refractivity contribution in [3.05, 3.63) is 0 Å². The fourth-order valence-electron chi connectivity index (χ4n) is 0.618. The van der Waals surface area contributed by atoms with Crippen molar-refractivity contribution in [2.75, 3.05) is 7.05 Å². The average molecular weight is 205 g/mol. The maximum Gasteiger partial charge on any atom is 0.150 e. The van der Waals surface area contributed by atoms with Crippen molar-refractivity contribution in [1.82, 2.24) is 5.32 Å². The summed E-state index contributed by atoms with van der Waals surface area (Å²) < 4.78 is 0.463. The smallest absolute Gasteiger partial charge is 0.150 e. The summed E-state index contributed by atoms with van der Waals surface area (Å²) in [6.45, 7) is 2.77. The zero-order valence-electron chi connectivity index (χ0n) is 7.21.